The molecule has 1 aliphatic rings. The van der Waals surface area contributed by atoms with E-state index in [1.54, 1.807) is 13.8 Å². The van der Waals surface area contributed by atoms with Gasteiger partial charge in [0.1, 0.15) is 11.4 Å². The van der Waals surface area contributed by atoms with E-state index in [1.165, 1.54) is 0 Å². The van der Waals surface area contributed by atoms with E-state index >= 15 is 0 Å². The standard InChI is InChI=1S/C18H25N5O2/c1-10-11(2)21-22-17(25)15(10)16(24)19-12-6-7-14-20-13(18(3,4)5)9-23(14)8-12/h9,12H,6-8H2,1-5H3,(H,19,24)(H,22,25)/t12-/m1/s1. The van der Waals surface area contributed by atoms with Crippen molar-refractivity contribution in [1.29, 1.82) is 0 Å². The van der Waals surface area contributed by atoms with Gasteiger partial charge in [0.05, 0.1) is 11.4 Å². The van der Waals surface area contributed by atoms with Gasteiger partial charge in [-0.3, -0.25) is 9.59 Å². The van der Waals surface area contributed by atoms with Gasteiger partial charge in [0.15, 0.2) is 0 Å². The van der Waals surface area contributed by atoms with E-state index in [2.05, 4.69) is 47.0 Å². The molecule has 1 aliphatic heterocycles. The van der Waals surface area contributed by atoms with Gasteiger partial charge in [-0.15, -0.1) is 0 Å². The number of hydrogen-bond acceptors (Lipinski definition) is 4. The summed E-state index contributed by atoms with van der Waals surface area (Å²) >= 11 is 0. The monoisotopic (exact) mass is 343 g/mol. The minimum Gasteiger partial charge on any atom is -0.347 e. The number of H-pyrrole nitrogens is 1. The SMILES string of the molecule is Cc1n[nH]c(=O)c(C(=O)N[C@@H]2CCc3nc(C(C)(C)C)cn3C2)c1C. The van der Waals surface area contributed by atoms with Crippen molar-refractivity contribution in [3.63, 3.8) is 0 Å². The predicted molar refractivity (Wildman–Crippen MR) is 94.8 cm³/mol. The van der Waals surface area contributed by atoms with Gasteiger partial charge in [-0.25, -0.2) is 10.1 Å². The molecule has 0 bridgehead atoms. The molecule has 7 nitrogen and oxygen atoms in total. The zero-order valence-corrected chi connectivity index (χ0v) is 15.4. The van der Waals surface area contributed by atoms with Gasteiger partial charge in [-0.05, 0) is 25.8 Å². The van der Waals surface area contributed by atoms with Crippen LogP contribution in [0, 0.1) is 13.8 Å². The highest BCUT2D eigenvalue weighted by atomic mass is 16.2. The van der Waals surface area contributed by atoms with Crippen LogP contribution in [0.2, 0.25) is 0 Å². The molecule has 0 radical (unpaired) electrons. The summed E-state index contributed by atoms with van der Waals surface area (Å²) in [5.41, 5.74) is 2.04. The van der Waals surface area contributed by atoms with Gasteiger partial charge in [0.2, 0.25) is 0 Å². The first-order valence-electron chi connectivity index (χ1n) is 8.60. The lowest BCUT2D eigenvalue weighted by Gasteiger charge is -2.24. The molecule has 1 amide bonds. The van der Waals surface area contributed by atoms with Crippen molar-refractivity contribution in [2.75, 3.05) is 0 Å². The molecule has 2 aromatic heterocycles. The van der Waals surface area contributed by atoms with Gasteiger partial charge in [-0.1, -0.05) is 20.8 Å². The van der Waals surface area contributed by atoms with Crippen LogP contribution in [0.3, 0.4) is 0 Å². The maximum absolute atomic E-state index is 12.6. The van der Waals surface area contributed by atoms with Gasteiger partial charge < -0.3 is 9.88 Å². The van der Waals surface area contributed by atoms with E-state index in [4.69, 9.17) is 4.98 Å². The van der Waals surface area contributed by atoms with Crippen LogP contribution in [-0.2, 0) is 18.4 Å². The first-order valence-corrected chi connectivity index (χ1v) is 8.60. The van der Waals surface area contributed by atoms with E-state index in [9.17, 15) is 9.59 Å². The normalized spacial score (nSPS) is 17.2. The lowest BCUT2D eigenvalue weighted by atomic mass is 9.93. The Morgan fingerprint density at radius 3 is 2.76 bits per heavy atom. The third-order valence-electron chi connectivity index (χ3n) is 4.79. The number of fused-ring (bicyclic) bond motifs is 1. The predicted octanol–water partition coefficient (Wildman–Crippen LogP) is 1.63. The number of aromatic amines is 1. The summed E-state index contributed by atoms with van der Waals surface area (Å²) in [7, 11) is 0. The van der Waals surface area contributed by atoms with Crippen LogP contribution in [0.15, 0.2) is 11.0 Å². The molecule has 3 rings (SSSR count). The summed E-state index contributed by atoms with van der Waals surface area (Å²) in [6.45, 7) is 10.6. The van der Waals surface area contributed by atoms with Crippen molar-refractivity contribution >= 4 is 5.91 Å². The lowest BCUT2D eigenvalue weighted by Crippen LogP contribution is -2.43. The summed E-state index contributed by atoms with van der Waals surface area (Å²) in [4.78, 5) is 29.3. The van der Waals surface area contributed by atoms with E-state index < -0.39 is 5.56 Å². The number of rotatable bonds is 2. The largest absolute Gasteiger partial charge is 0.347 e. The summed E-state index contributed by atoms with van der Waals surface area (Å²) < 4.78 is 2.11. The average molecular weight is 343 g/mol. The van der Waals surface area contributed by atoms with Crippen molar-refractivity contribution in [2.45, 2.75) is 65.5 Å². The molecule has 2 aromatic rings. The molecule has 0 saturated carbocycles. The van der Waals surface area contributed by atoms with E-state index in [-0.39, 0.29) is 22.9 Å². The Hall–Kier alpha value is -2.44. The number of nitrogens with one attached hydrogen (secondary N) is 2. The first-order chi connectivity index (χ1) is 11.7. The van der Waals surface area contributed by atoms with E-state index in [0.29, 0.717) is 17.8 Å². The van der Waals surface area contributed by atoms with Crippen LogP contribution in [0.1, 0.15) is 60.3 Å². The third kappa shape index (κ3) is 3.36. The van der Waals surface area contributed by atoms with Gasteiger partial charge in [0, 0.05) is 30.6 Å². The molecule has 3 heterocycles. The Kier molecular flexibility index (Phi) is 4.26. The zero-order valence-electron chi connectivity index (χ0n) is 15.4. The second-order valence-electron chi connectivity index (χ2n) is 7.79. The first kappa shape index (κ1) is 17.4. The Labute approximate surface area is 146 Å². The molecular weight excluding hydrogens is 318 g/mol. The number of aryl methyl sites for hydroxylation is 2. The third-order valence-corrected chi connectivity index (χ3v) is 4.79. The lowest BCUT2D eigenvalue weighted by molar-refractivity contribution is 0.0925. The van der Waals surface area contributed by atoms with E-state index in [1.807, 2.05) is 0 Å². The van der Waals surface area contributed by atoms with E-state index in [0.717, 1.165) is 24.4 Å². The minimum absolute atomic E-state index is 0.00204. The molecule has 0 aromatic carbocycles. The topological polar surface area (TPSA) is 92.7 Å². The molecule has 25 heavy (non-hydrogen) atoms. The van der Waals surface area contributed by atoms with Crippen molar-refractivity contribution in [3.8, 4) is 0 Å². The molecule has 0 spiro atoms. The van der Waals surface area contributed by atoms with Crippen LogP contribution >= 0.6 is 0 Å². The Morgan fingerprint density at radius 1 is 1.36 bits per heavy atom. The maximum atomic E-state index is 12.6. The fourth-order valence-electron chi connectivity index (χ4n) is 3.08. The molecule has 0 unspecified atom stereocenters. The highest BCUT2D eigenvalue weighted by Gasteiger charge is 2.26. The van der Waals surface area contributed by atoms with Crippen LogP contribution in [0.25, 0.3) is 0 Å². The minimum atomic E-state index is -0.449. The van der Waals surface area contributed by atoms with Crippen LogP contribution in [-0.4, -0.2) is 31.7 Å². The Bertz CT molecular complexity index is 873. The smallest absolute Gasteiger partial charge is 0.277 e. The zero-order chi connectivity index (χ0) is 18.4. The van der Waals surface area contributed by atoms with Crippen LogP contribution in [0.4, 0.5) is 0 Å². The average Bonchev–Trinajstić information content (AvgIpc) is 2.95. The van der Waals surface area contributed by atoms with Crippen molar-refractivity contribution in [2.24, 2.45) is 0 Å². The van der Waals surface area contributed by atoms with Gasteiger partial charge in [-0.2, -0.15) is 5.10 Å². The van der Waals surface area contributed by atoms with Crippen molar-refractivity contribution < 1.29 is 4.79 Å². The molecule has 134 valence electrons. The second kappa shape index (κ2) is 6.13. The number of amides is 1. The highest BCUT2D eigenvalue weighted by molar-refractivity contribution is 5.95. The van der Waals surface area contributed by atoms with Gasteiger partial charge >= 0.3 is 0 Å². The number of carbonyl (C=O) groups is 1. The Morgan fingerprint density at radius 2 is 2.08 bits per heavy atom. The quantitative estimate of drug-likeness (QED) is 0.867. The van der Waals surface area contributed by atoms with Crippen molar-refractivity contribution in [1.82, 2.24) is 25.1 Å². The molecule has 7 heteroatoms. The Balaban J connectivity index is 1.78. The van der Waals surface area contributed by atoms with Crippen LogP contribution < -0.4 is 10.9 Å². The molecule has 1 atom stereocenters. The summed E-state index contributed by atoms with van der Waals surface area (Å²) in [5, 5.41) is 9.27. The molecule has 0 fully saturated rings. The number of carbonyl (C=O) groups excluding carboxylic acids is 1. The number of imidazole rings is 1. The summed E-state index contributed by atoms with van der Waals surface area (Å²) in [6, 6.07) is -0.0192. The fourth-order valence-corrected chi connectivity index (χ4v) is 3.08. The number of aromatic nitrogens is 4. The fraction of sp³-hybridized carbons (Fsp3) is 0.556. The summed E-state index contributed by atoms with van der Waals surface area (Å²) in [6.07, 6.45) is 3.70. The van der Waals surface area contributed by atoms with Crippen molar-refractivity contribution in [3.05, 3.63) is 44.9 Å². The van der Waals surface area contributed by atoms with Crippen LogP contribution in [0.5, 0.6) is 0 Å². The maximum Gasteiger partial charge on any atom is 0.277 e. The molecule has 0 aliphatic carbocycles. The molecular formula is C18H25N5O2. The number of nitrogens with zero attached hydrogens (tertiary/aromatic N) is 3. The number of hydrogen-bond donors (Lipinski definition) is 2. The molecule has 0 saturated heterocycles. The highest BCUT2D eigenvalue weighted by Crippen LogP contribution is 2.24. The molecule has 2 N–H and O–H groups in total. The van der Waals surface area contributed by atoms with Gasteiger partial charge in [0.25, 0.3) is 11.5 Å². The summed E-state index contributed by atoms with van der Waals surface area (Å²) in [5.74, 6) is 0.720. The second-order valence-corrected chi connectivity index (χ2v) is 7.79.